The molecule has 0 saturated carbocycles. The first kappa shape index (κ1) is 14.4. The van der Waals surface area contributed by atoms with Gasteiger partial charge in [-0.3, -0.25) is 0 Å². The average Bonchev–Trinajstić information content (AvgIpc) is 2.75. The number of hydrogen-bond acceptors (Lipinski definition) is 3. The van der Waals surface area contributed by atoms with Gasteiger partial charge in [0.25, 0.3) is 0 Å². The molecule has 0 spiro atoms. The first-order valence-electron chi connectivity index (χ1n) is 7.21. The minimum Gasteiger partial charge on any atom is -0.491 e. The van der Waals surface area contributed by atoms with Gasteiger partial charge in [-0.15, -0.1) is 0 Å². The van der Waals surface area contributed by atoms with Crippen molar-refractivity contribution in [3.05, 3.63) is 29.8 Å². The summed E-state index contributed by atoms with van der Waals surface area (Å²) in [5, 5.41) is 3.65. The van der Waals surface area contributed by atoms with E-state index in [-0.39, 0.29) is 12.1 Å². The van der Waals surface area contributed by atoms with Gasteiger partial charge >= 0.3 is 0 Å². The van der Waals surface area contributed by atoms with Gasteiger partial charge in [0.15, 0.2) is 0 Å². The Labute approximate surface area is 116 Å². The Hall–Kier alpha value is -1.06. The molecule has 0 amide bonds. The minimum absolute atomic E-state index is 0.196. The van der Waals surface area contributed by atoms with Crippen molar-refractivity contribution in [1.29, 1.82) is 0 Å². The Balaban J connectivity index is 2.07. The van der Waals surface area contributed by atoms with E-state index < -0.39 is 0 Å². The first-order chi connectivity index (χ1) is 9.08. The van der Waals surface area contributed by atoms with Crippen LogP contribution in [0.5, 0.6) is 5.75 Å². The summed E-state index contributed by atoms with van der Waals surface area (Å²) in [5.74, 6) is 0.976. The Morgan fingerprint density at radius 3 is 2.63 bits per heavy atom. The SMILES string of the molecule is CC(C)Oc1ccccc1C(C)NC1CCOC1C. The highest BCUT2D eigenvalue weighted by atomic mass is 16.5. The van der Waals surface area contributed by atoms with Crippen LogP contribution in [-0.2, 0) is 4.74 Å². The third-order valence-electron chi connectivity index (χ3n) is 3.59. The van der Waals surface area contributed by atoms with E-state index in [1.807, 2.05) is 12.1 Å². The number of nitrogens with one attached hydrogen (secondary N) is 1. The van der Waals surface area contributed by atoms with Crippen LogP contribution in [0.3, 0.4) is 0 Å². The van der Waals surface area contributed by atoms with Crippen LogP contribution in [0, 0.1) is 0 Å². The number of hydrogen-bond donors (Lipinski definition) is 1. The van der Waals surface area contributed by atoms with E-state index in [1.165, 1.54) is 5.56 Å². The van der Waals surface area contributed by atoms with E-state index in [2.05, 4.69) is 45.1 Å². The lowest BCUT2D eigenvalue weighted by Gasteiger charge is -2.24. The molecule has 0 aromatic heterocycles. The van der Waals surface area contributed by atoms with Crippen molar-refractivity contribution in [2.75, 3.05) is 6.61 Å². The molecule has 1 N–H and O–H groups in total. The van der Waals surface area contributed by atoms with Gasteiger partial charge in [0, 0.05) is 24.3 Å². The topological polar surface area (TPSA) is 30.5 Å². The summed E-state index contributed by atoms with van der Waals surface area (Å²) in [7, 11) is 0. The lowest BCUT2D eigenvalue weighted by atomic mass is 10.0. The predicted molar refractivity (Wildman–Crippen MR) is 77.6 cm³/mol. The van der Waals surface area contributed by atoms with E-state index >= 15 is 0 Å². The molecule has 3 nitrogen and oxygen atoms in total. The van der Waals surface area contributed by atoms with Crippen molar-refractivity contribution < 1.29 is 9.47 Å². The van der Waals surface area contributed by atoms with E-state index in [1.54, 1.807) is 0 Å². The molecule has 19 heavy (non-hydrogen) atoms. The van der Waals surface area contributed by atoms with Crippen molar-refractivity contribution in [2.45, 2.75) is 58.4 Å². The van der Waals surface area contributed by atoms with E-state index in [4.69, 9.17) is 9.47 Å². The Morgan fingerprint density at radius 1 is 1.26 bits per heavy atom. The summed E-state index contributed by atoms with van der Waals surface area (Å²) in [4.78, 5) is 0. The third kappa shape index (κ3) is 3.71. The molecule has 106 valence electrons. The molecule has 2 rings (SSSR count). The summed E-state index contributed by atoms with van der Waals surface area (Å²) < 4.78 is 11.5. The molecule has 1 saturated heterocycles. The van der Waals surface area contributed by atoms with Crippen LogP contribution < -0.4 is 10.1 Å². The number of rotatable bonds is 5. The Morgan fingerprint density at radius 2 is 2.00 bits per heavy atom. The Bertz CT molecular complexity index is 405. The molecule has 1 aromatic rings. The summed E-state index contributed by atoms with van der Waals surface area (Å²) in [6.07, 6.45) is 1.57. The molecular weight excluding hydrogens is 238 g/mol. The zero-order valence-electron chi connectivity index (χ0n) is 12.3. The lowest BCUT2D eigenvalue weighted by molar-refractivity contribution is 0.111. The van der Waals surface area contributed by atoms with Crippen LogP contribution >= 0.6 is 0 Å². The maximum Gasteiger partial charge on any atom is 0.124 e. The summed E-state index contributed by atoms with van der Waals surface area (Å²) in [5.41, 5.74) is 1.22. The zero-order valence-corrected chi connectivity index (χ0v) is 12.3. The maximum absolute atomic E-state index is 5.89. The van der Waals surface area contributed by atoms with Crippen LogP contribution in [0.25, 0.3) is 0 Å². The molecule has 3 unspecified atom stereocenters. The molecule has 1 aliphatic rings. The van der Waals surface area contributed by atoms with Gasteiger partial charge in [0.05, 0.1) is 12.2 Å². The van der Waals surface area contributed by atoms with E-state index in [0.29, 0.717) is 12.1 Å². The molecule has 0 bridgehead atoms. The molecular formula is C16H25NO2. The maximum atomic E-state index is 5.89. The molecule has 1 heterocycles. The largest absolute Gasteiger partial charge is 0.491 e. The molecule has 3 heteroatoms. The quantitative estimate of drug-likeness (QED) is 0.884. The lowest BCUT2D eigenvalue weighted by Crippen LogP contribution is -2.36. The molecule has 1 fully saturated rings. The van der Waals surface area contributed by atoms with Crippen molar-refractivity contribution in [3.8, 4) is 5.75 Å². The highest BCUT2D eigenvalue weighted by molar-refractivity contribution is 5.35. The second-order valence-electron chi connectivity index (χ2n) is 5.56. The van der Waals surface area contributed by atoms with Crippen molar-refractivity contribution in [1.82, 2.24) is 5.32 Å². The fraction of sp³-hybridized carbons (Fsp3) is 0.625. The van der Waals surface area contributed by atoms with E-state index in [9.17, 15) is 0 Å². The number of para-hydroxylation sites is 1. The van der Waals surface area contributed by atoms with Crippen LogP contribution in [-0.4, -0.2) is 24.9 Å². The van der Waals surface area contributed by atoms with Crippen LogP contribution in [0.2, 0.25) is 0 Å². The summed E-state index contributed by atoms with van der Waals surface area (Å²) in [6.45, 7) is 9.29. The second kappa shape index (κ2) is 6.40. The average molecular weight is 263 g/mol. The normalized spacial score (nSPS) is 24.7. The van der Waals surface area contributed by atoms with Crippen molar-refractivity contribution in [2.24, 2.45) is 0 Å². The van der Waals surface area contributed by atoms with Crippen LogP contribution in [0.15, 0.2) is 24.3 Å². The third-order valence-corrected chi connectivity index (χ3v) is 3.59. The monoisotopic (exact) mass is 263 g/mol. The minimum atomic E-state index is 0.196. The molecule has 0 radical (unpaired) electrons. The highest BCUT2D eigenvalue weighted by Gasteiger charge is 2.26. The number of benzene rings is 1. The van der Waals surface area contributed by atoms with Gasteiger partial charge < -0.3 is 14.8 Å². The van der Waals surface area contributed by atoms with E-state index in [0.717, 1.165) is 18.8 Å². The fourth-order valence-corrected chi connectivity index (χ4v) is 2.56. The van der Waals surface area contributed by atoms with Gasteiger partial charge in [-0.1, -0.05) is 18.2 Å². The van der Waals surface area contributed by atoms with Gasteiger partial charge in [-0.25, -0.2) is 0 Å². The Kier molecular flexibility index (Phi) is 4.83. The first-order valence-corrected chi connectivity index (χ1v) is 7.21. The van der Waals surface area contributed by atoms with Gasteiger partial charge in [-0.2, -0.15) is 0 Å². The van der Waals surface area contributed by atoms with Crippen molar-refractivity contribution >= 4 is 0 Å². The van der Waals surface area contributed by atoms with Gasteiger partial charge in [0.2, 0.25) is 0 Å². The van der Waals surface area contributed by atoms with Crippen LogP contribution in [0.4, 0.5) is 0 Å². The molecule has 0 aliphatic carbocycles. The van der Waals surface area contributed by atoms with Crippen molar-refractivity contribution in [3.63, 3.8) is 0 Å². The molecule has 1 aliphatic heterocycles. The number of ether oxygens (including phenoxy) is 2. The van der Waals surface area contributed by atoms with Gasteiger partial charge in [0.1, 0.15) is 5.75 Å². The summed E-state index contributed by atoms with van der Waals surface area (Å²) >= 11 is 0. The zero-order chi connectivity index (χ0) is 13.8. The molecule has 3 atom stereocenters. The smallest absolute Gasteiger partial charge is 0.124 e. The second-order valence-corrected chi connectivity index (χ2v) is 5.56. The highest BCUT2D eigenvalue weighted by Crippen LogP contribution is 2.27. The standard InChI is InChI=1S/C16H25NO2/c1-11(2)19-16-8-6-5-7-14(16)12(3)17-15-9-10-18-13(15)4/h5-8,11-13,15,17H,9-10H2,1-4H3. The van der Waals surface area contributed by atoms with Gasteiger partial charge in [-0.05, 0) is 40.2 Å². The fourth-order valence-electron chi connectivity index (χ4n) is 2.56. The molecule has 1 aromatic carbocycles. The predicted octanol–water partition coefficient (Wildman–Crippen LogP) is 3.30. The van der Waals surface area contributed by atoms with Crippen LogP contribution in [0.1, 0.15) is 45.7 Å². The summed E-state index contributed by atoms with van der Waals surface area (Å²) in [6, 6.07) is 8.97.